The van der Waals surface area contributed by atoms with Gasteiger partial charge in [-0.3, -0.25) is 9.59 Å². The van der Waals surface area contributed by atoms with Gasteiger partial charge in [-0.2, -0.15) is 0 Å². The van der Waals surface area contributed by atoms with Gasteiger partial charge >= 0.3 is 0 Å². The van der Waals surface area contributed by atoms with Gasteiger partial charge in [0, 0.05) is 18.3 Å². The number of hydrogen-bond donors (Lipinski definition) is 4. The molecule has 1 aliphatic rings. The second kappa shape index (κ2) is 7.10. The summed E-state index contributed by atoms with van der Waals surface area (Å²) in [6, 6.07) is 7.54. The summed E-state index contributed by atoms with van der Waals surface area (Å²) >= 11 is 0. The molecule has 6 nitrogen and oxygen atoms in total. The number of nitrogens with one attached hydrogen (secondary N) is 3. The largest absolute Gasteiger partial charge is 0.351 e. The van der Waals surface area contributed by atoms with Crippen LogP contribution in [0.25, 0.3) is 0 Å². The molecule has 0 radical (unpaired) electrons. The minimum Gasteiger partial charge on any atom is -0.351 e. The first-order valence-electron chi connectivity index (χ1n) is 7.94. The van der Waals surface area contributed by atoms with Crippen LogP contribution in [0, 0.1) is 0 Å². The van der Waals surface area contributed by atoms with E-state index in [-0.39, 0.29) is 35.9 Å². The molecular formula is C17H26N4O2. The van der Waals surface area contributed by atoms with Gasteiger partial charge in [-0.05, 0) is 29.5 Å². The molecule has 1 saturated heterocycles. The molecule has 1 heterocycles. The molecule has 0 bridgehead atoms. The Labute approximate surface area is 137 Å². The van der Waals surface area contributed by atoms with Crippen molar-refractivity contribution in [3.05, 3.63) is 29.8 Å². The Kier molecular flexibility index (Phi) is 5.38. The zero-order chi connectivity index (χ0) is 17.0. The van der Waals surface area contributed by atoms with E-state index in [0.29, 0.717) is 13.0 Å². The number of carbonyl (C=O) groups is 2. The molecule has 2 atom stereocenters. The first kappa shape index (κ1) is 17.4. The average molecular weight is 318 g/mol. The summed E-state index contributed by atoms with van der Waals surface area (Å²) in [5.41, 5.74) is 7.36. The van der Waals surface area contributed by atoms with E-state index in [1.54, 1.807) is 0 Å². The zero-order valence-electron chi connectivity index (χ0n) is 14.0. The number of amides is 2. The lowest BCUT2D eigenvalue weighted by molar-refractivity contribution is -0.121. The Morgan fingerprint density at radius 2 is 1.91 bits per heavy atom. The summed E-state index contributed by atoms with van der Waals surface area (Å²) in [6.45, 7) is 7.00. The highest BCUT2D eigenvalue weighted by atomic mass is 16.2. The third kappa shape index (κ3) is 4.77. The van der Waals surface area contributed by atoms with E-state index in [2.05, 4.69) is 36.7 Å². The number of benzene rings is 1. The summed E-state index contributed by atoms with van der Waals surface area (Å²) < 4.78 is 0. The Bertz CT molecular complexity index is 563. The predicted octanol–water partition coefficient (Wildman–Crippen LogP) is 0.728. The van der Waals surface area contributed by atoms with E-state index < -0.39 is 0 Å². The Balaban J connectivity index is 1.89. The third-order valence-corrected chi connectivity index (χ3v) is 4.02. The summed E-state index contributed by atoms with van der Waals surface area (Å²) in [7, 11) is 0. The van der Waals surface area contributed by atoms with Gasteiger partial charge in [-0.25, -0.2) is 0 Å². The predicted molar refractivity (Wildman–Crippen MR) is 91.2 cm³/mol. The fourth-order valence-corrected chi connectivity index (χ4v) is 2.61. The number of anilines is 1. The van der Waals surface area contributed by atoms with Crippen LogP contribution in [0.3, 0.4) is 0 Å². The van der Waals surface area contributed by atoms with Crippen molar-refractivity contribution in [3.8, 4) is 0 Å². The number of nitrogens with two attached hydrogens (primary N) is 1. The van der Waals surface area contributed by atoms with Crippen molar-refractivity contribution in [1.29, 1.82) is 0 Å². The van der Waals surface area contributed by atoms with E-state index in [0.717, 1.165) is 5.69 Å². The molecule has 6 heteroatoms. The number of hydrogen-bond acceptors (Lipinski definition) is 4. The van der Waals surface area contributed by atoms with Gasteiger partial charge in [0.05, 0.1) is 12.6 Å². The van der Waals surface area contributed by atoms with Crippen LogP contribution in [0.15, 0.2) is 24.3 Å². The van der Waals surface area contributed by atoms with Crippen LogP contribution in [0.2, 0.25) is 0 Å². The molecule has 0 aromatic heterocycles. The molecule has 0 saturated carbocycles. The quantitative estimate of drug-likeness (QED) is 0.658. The van der Waals surface area contributed by atoms with Gasteiger partial charge in [-0.15, -0.1) is 0 Å². The molecule has 1 aliphatic heterocycles. The van der Waals surface area contributed by atoms with E-state index in [1.807, 2.05) is 24.3 Å². The van der Waals surface area contributed by atoms with Crippen LogP contribution in [0.4, 0.5) is 5.69 Å². The summed E-state index contributed by atoms with van der Waals surface area (Å²) in [6.07, 6.45) is 0.567. The fraction of sp³-hybridized carbons (Fsp3) is 0.529. The van der Waals surface area contributed by atoms with Crippen LogP contribution in [0.1, 0.15) is 32.8 Å². The smallest absolute Gasteiger partial charge is 0.241 e. The van der Waals surface area contributed by atoms with Gasteiger partial charge < -0.3 is 21.7 Å². The lowest BCUT2D eigenvalue weighted by atomic mass is 9.87. The molecule has 0 aliphatic carbocycles. The van der Waals surface area contributed by atoms with E-state index in [9.17, 15) is 9.59 Å². The van der Waals surface area contributed by atoms with Crippen LogP contribution in [-0.2, 0) is 15.0 Å². The maximum atomic E-state index is 12.3. The normalized spacial score (nSPS) is 21.0. The maximum absolute atomic E-state index is 12.3. The van der Waals surface area contributed by atoms with E-state index >= 15 is 0 Å². The molecule has 2 rings (SSSR count). The molecule has 1 unspecified atom stereocenters. The van der Waals surface area contributed by atoms with Crippen LogP contribution in [0.5, 0.6) is 0 Å². The molecule has 5 N–H and O–H groups in total. The second-order valence-corrected chi connectivity index (χ2v) is 6.98. The van der Waals surface area contributed by atoms with Gasteiger partial charge in [0.25, 0.3) is 0 Å². The molecule has 1 aromatic rings. The van der Waals surface area contributed by atoms with E-state index in [4.69, 9.17) is 5.73 Å². The van der Waals surface area contributed by atoms with Crippen molar-refractivity contribution >= 4 is 17.5 Å². The highest BCUT2D eigenvalue weighted by Gasteiger charge is 2.30. The lowest BCUT2D eigenvalue weighted by Gasteiger charge is -2.19. The van der Waals surface area contributed by atoms with Gasteiger partial charge in [0.2, 0.25) is 11.8 Å². The maximum Gasteiger partial charge on any atom is 0.241 e. The van der Waals surface area contributed by atoms with Crippen molar-refractivity contribution in [3.63, 3.8) is 0 Å². The monoisotopic (exact) mass is 318 g/mol. The topological polar surface area (TPSA) is 96.2 Å². The van der Waals surface area contributed by atoms with Crippen molar-refractivity contribution in [2.24, 2.45) is 5.73 Å². The Morgan fingerprint density at radius 1 is 1.26 bits per heavy atom. The zero-order valence-corrected chi connectivity index (χ0v) is 14.0. The molecule has 2 amide bonds. The first-order chi connectivity index (χ1) is 10.8. The Hall–Kier alpha value is -1.92. The van der Waals surface area contributed by atoms with Crippen molar-refractivity contribution in [2.75, 3.05) is 18.4 Å². The van der Waals surface area contributed by atoms with Crippen molar-refractivity contribution in [2.45, 2.75) is 44.7 Å². The third-order valence-electron chi connectivity index (χ3n) is 4.02. The minimum atomic E-state index is -0.305. The fourth-order valence-electron chi connectivity index (χ4n) is 2.61. The minimum absolute atomic E-state index is 0.0342. The van der Waals surface area contributed by atoms with Gasteiger partial charge in [-0.1, -0.05) is 32.9 Å². The van der Waals surface area contributed by atoms with Crippen molar-refractivity contribution in [1.82, 2.24) is 10.6 Å². The highest BCUT2D eigenvalue weighted by molar-refractivity contribution is 5.95. The van der Waals surface area contributed by atoms with Crippen LogP contribution >= 0.6 is 0 Å². The summed E-state index contributed by atoms with van der Waals surface area (Å²) in [5.74, 6) is -0.284. The standard InChI is InChI=1S/C17H26N4O2/c1-17(2,3)11-4-6-12(7-5-11)21-16(23)14-8-13(10-19-14)20-15(22)9-18/h4-7,13-14,19H,8-10,18H2,1-3H3,(H,20,22)(H,21,23)/t13?,14-/m0/s1. The van der Waals surface area contributed by atoms with Crippen LogP contribution in [-0.4, -0.2) is 37.0 Å². The van der Waals surface area contributed by atoms with Crippen molar-refractivity contribution < 1.29 is 9.59 Å². The first-order valence-corrected chi connectivity index (χ1v) is 7.94. The highest BCUT2D eigenvalue weighted by Crippen LogP contribution is 2.23. The van der Waals surface area contributed by atoms with Crippen LogP contribution < -0.4 is 21.7 Å². The second-order valence-electron chi connectivity index (χ2n) is 6.98. The Morgan fingerprint density at radius 3 is 2.48 bits per heavy atom. The molecule has 126 valence electrons. The lowest BCUT2D eigenvalue weighted by Crippen LogP contribution is -2.39. The molecule has 1 fully saturated rings. The molecular weight excluding hydrogens is 292 g/mol. The molecule has 23 heavy (non-hydrogen) atoms. The number of rotatable bonds is 4. The molecule has 1 aromatic carbocycles. The summed E-state index contributed by atoms with van der Waals surface area (Å²) in [5, 5.41) is 8.83. The SMILES string of the molecule is CC(C)(C)c1ccc(NC(=O)[C@@H]2CC(NC(=O)CN)CN2)cc1. The van der Waals surface area contributed by atoms with Gasteiger partial charge in [0.1, 0.15) is 0 Å². The van der Waals surface area contributed by atoms with Gasteiger partial charge in [0.15, 0.2) is 0 Å². The average Bonchev–Trinajstić information content (AvgIpc) is 2.95. The molecule has 0 spiro atoms. The summed E-state index contributed by atoms with van der Waals surface area (Å²) in [4.78, 5) is 23.6. The number of carbonyl (C=O) groups excluding carboxylic acids is 2. The van der Waals surface area contributed by atoms with E-state index in [1.165, 1.54) is 5.56 Å².